The van der Waals surface area contributed by atoms with Crippen LogP contribution >= 0.6 is 0 Å². The summed E-state index contributed by atoms with van der Waals surface area (Å²) >= 11 is 0. The number of rotatable bonds is 4. The van der Waals surface area contributed by atoms with Gasteiger partial charge in [0.2, 0.25) is 0 Å². The minimum absolute atomic E-state index is 0.858. The van der Waals surface area contributed by atoms with Crippen molar-refractivity contribution in [2.45, 2.75) is 40.0 Å². The largest absolute Gasteiger partial charge is 0.139 e. The van der Waals surface area contributed by atoms with Gasteiger partial charge < -0.3 is 0 Å². The molecule has 0 fully saturated rings. The maximum absolute atomic E-state index is 2.34. The molecule has 1 aromatic rings. The van der Waals surface area contributed by atoms with Crippen molar-refractivity contribution in [3.63, 3.8) is 0 Å². The van der Waals surface area contributed by atoms with E-state index in [9.17, 15) is 0 Å². The molecule has 0 atom stereocenters. The van der Waals surface area contributed by atoms with Gasteiger partial charge >= 0.3 is 0 Å². The molecular formula is C13H21B. The van der Waals surface area contributed by atoms with Gasteiger partial charge in [0, 0.05) is 0 Å². The van der Waals surface area contributed by atoms with Crippen LogP contribution < -0.4 is 5.46 Å². The summed E-state index contributed by atoms with van der Waals surface area (Å²) in [5.41, 5.74) is 4.33. The van der Waals surface area contributed by atoms with Gasteiger partial charge in [-0.1, -0.05) is 55.9 Å². The van der Waals surface area contributed by atoms with Crippen molar-refractivity contribution in [2.75, 3.05) is 0 Å². The molecule has 0 amide bonds. The van der Waals surface area contributed by atoms with Gasteiger partial charge in [-0.3, -0.25) is 0 Å². The highest BCUT2D eigenvalue weighted by atomic mass is 14.1. The van der Waals surface area contributed by atoms with Crippen LogP contribution in [0.2, 0.25) is 0 Å². The van der Waals surface area contributed by atoms with Gasteiger partial charge in [-0.2, -0.15) is 0 Å². The first-order valence-electron chi connectivity index (χ1n) is 5.73. The van der Waals surface area contributed by atoms with Crippen LogP contribution in [0, 0.1) is 12.8 Å². The summed E-state index contributed by atoms with van der Waals surface area (Å²) in [4.78, 5) is 0. The zero-order valence-electron chi connectivity index (χ0n) is 9.93. The molecule has 0 nitrogen and oxygen atoms in total. The summed E-state index contributed by atoms with van der Waals surface area (Å²) in [5, 5.41) is 0. The predicted octanol–water partition coefficient (Wildman–Crippen LogP) is 2.23. The molecule has 0 saturated heterocycles. The molecule has 0 spiro atoms. The molecule has 0 unspecified atom stereocenters. The standard InChI is InChI=1S/C13H21B/c1-4-11(5-2)9-12-6-7-13(14)10(3)8-12/h6-8,11H,4-5,9,14H2,1-3H3. The van der Waals surface area contributed by atoms with E-state index in [4.69, 9.17) is 0 Å². The number of aryl methyl sites for hydroxylation is 1. The van der Waals surface area contributed by atoms with Gasteiger partial charge in [-0.25, -0.2) is 0 Å². The maximum atomic E-state index is 2.34. The topological polar surface area (TPSA) is 0 Å². The van der Waals surface area contributed by atoms with Gasteiger partial charge in [0.25, 0.3) is 0 Å². The molecule has 1 rings (SSSR count). The van der Waals surface area contributed by atoms with Gasteiger partial charge in [-0.05, 0) is 24.8 Å². The summed E-state index contributed by atoms with van der Waals surface area (Å²) in [6, 6.07) is 6.86. The van der Waals surface area contributed by atoms with Crippen LogP contribution in [0.4, 0.5) is 0 Å². The average Bonchev–Trinajstić information content (AvgIpc) is 2.19. The zero-order valence-corrected chi connectivity index (χ0v) is 9.93. The van der Waals surface area contributed by atoms with Crippen LogP contribution in [-0.4, -0.2) is 7.85 Å². The first-order chi connectivity index (χ1) is 6.67. The first-order valence-corrected chi connectivity index (χ1v) is 5.73. The molecule has 1 aromatic carbocycles. The van der Waals surface area contributed by atoms with E-state index < -0.39 is 0 Å². The summed E-state index contributed by atoms with van der Waals surface area (Å²) in [5.74, 6) is 0.858. The summed E-state index contributed by atoms with van der Waals surface area (Å²) in [6.07, 6.45) is 3.83. The van der Waals surface area contributed by atoms with Crippen molar-refractivity contribution in [3.05, 3.63) is 29.3 Å². The first kappa shape index (κ1) is 11.4. The highest BCUT2D eigenvalue weighted by molar-refractivity contribution is 6.33. The van der Waals surface area contributed by atoms with Crippen LogP contribution in [0.15, 0.2) is 18.2 Å². The Kier molecular flexibility index (Phi) is 4.25. The third kappa shape index (κ3) is 2.90. The zero-order chi connectivity index (χ0) is 10.6. The molecule has 0 radical (unpaired) electrons. The molecule has 0 aromatic heterocycles. The Labute approximate surface area is 89.1 Å². The fourth-order valence-corrected chi connectivity index (χ4v) is 1.84. The number of benzene rings is 1. The molecule has 0 N–H and O–H groups in total. The van der Waals surface area contributed by atoms with E-state index in [0.717, 1.165) is 5.92 Å². The van der Waals surface area contributed by atoms with Crippen molar-refractivity contribution >= 4 is 13.3 Å². The predicted molar refractivity (Wildman–Crippen MR) is 67.1 cm³/mol. The van der Waals surface area contributed by atoms with Crippen molar-refractivity contribution < 1.29 is 0 Å². The molecule has 14 heavy (non-hydrogen) atoms. The summed E-state index contributed by atoms with van der Waals surface area (Å²) in [7, 11) is 2.18. The third-order valence-corrected chi connectivity index (χ3v) is 3.25. The minimum Gasteiger partial charge on any atom is -0.0861 e. The third-order valence-electron chi connectivity index (χ3n) is 3.25. The molecule has 0 bridgehead atoms. The molecule has 0 aliphatic heterocycles. The monoisotopic (exact) mass is 188 g/mol. The number of hydrogen-bond donors (Lipinski definition) is 0. The van der Waals surface area contributed by atoms with Crippen LogP contribution in [0.25, 0.3) is 0 Å². The van der Waals surface area contributed by atoms with E-state index in [1.807, 2.05) is 0 Å². The Morgan fingerprint density at radius 3 is 2.36 bits per heavy atom. The summed E-state index contributed by atoms with van der Waals surface area (Å²) in [6.45, 7) is 6.77. The normalized spacial score (nSPS) is 10.9. The second-order valence-electron chi connectivity index (χ2n) is 4.31. The van der Waals surface area contributed by atoms with E-state index in [0.29, 0.717) is 0 Å². The van der Waals surface area contributed by atoms with Crippen molar-refractivity contribution in [3.8, 4) is 0 Å². The van der Waals surface area contributed by atoms with Gasteiger partial charge in [0.05, 0.1) is 0 Å². The van der Waals surface area contributed by atoms with E-state index in [1.54, 1.807) is 0 Å². The molecule has 76 valence electrons. The van der Waals surface area contributed by atoms with Crippen LogP contribution in [0.5, 0.6) is 0 Å². The second kappa shape index (κ2) is 5.24. The molecule has 1 heteroatoms. The molecule has 0 saturated carbocycles. The lowest BCUT2D eigenvalue weighted by molar-refractivity contribution is 0.490. The lowest BCUT2D eigenvalue weighted by Gasteiger charge is -2.13. The fraction of sp³-hybridized carbons (Fsp3) is 0.538. The van der Waals surface area contributed by atoms with Crippen molar-refractivity contribution in [1.82, 2.24) is 0 Å². The van der Waals surface area contributed by atoms with E-state index in [1.165, 1.54) is 35.9 Å². The smallest absolute Gasteiger partial charge is 0.0861 e. The highest BCUT2D eigenvalue weighted by Crippen LogP contribution is 2.15. The fourth-order valence-electron chi connectivity index (χ4n) is 1.84. The quantitative estimate of drug-likeness (QED) is 0.635. The maximum Gasteiger partial charge on any atom is 0.139 e. The van der Waals surface area contributed by atoms with Crippen LogP contribution in [0.3, 0.4) is 0 Å². The molecular weight excluding hydrogens is 167 g/mol. The highest BCUT2D eigenvalue weighted by Gasteiger charge is 2.05. The Balaban J connectivity index is 2.72. The van der Waals surface area contributed by atoms with Gasteiger partial charge in [0.1, 0.15) is 7.85 Å². The Morgan fingerprint density at radius 1 is 1.21 bits per heavy atom. The summed E-state index contributed by atoms with van der Waals surface area (Å²) < 4.78 is 0. The van der Waals surface area contributed by atoms with Gasteiger partial charge in [-0.15, -0.1) is 0 Å². The molecule has 0 aliphatic rings. The van der Waals surface area contributed by atoms with Crippen molar-refractivity contribution in [1.29, 1.82) is 0 Å². The van der Waals surface area contributed by atoms with Crippen LogP contribution in [0.1, 0.15) is 37.8 Å². The lowest BCUT2D eigenvalue weighted by Crippen LogP contribution is -2.09. The average molecular weight is 188 g/mol. The van der Waals surface area contributed by atoms with E-state index in [-0.39, 0.29) is 0 Å². The SMILES string of the molecule is Bc1ccc(CC(CC)CC)cc1C. The Bertz CT molecular complexity index is 287. The molecule has 0 heterocycles. The second-order valence-corrected chi connectivity index (χ2v) is 4.31. The van der Waals surface area contributed by atoms with Gasteiger partial charge in [0.15, 0.2) is 0 Å². The van der Waals surface area contributed by atoms with Crippen molar-refractivity contribution in [2.24, 2.45) is 5.92 Å². The van der Waals surface area contributed by atoms with Crippen LogP contribution in [-0.2, 0) is 6.42 Å². The van der Waals surface area contributed by atoms with E-state index in [2.05, 4.69) is 46.8 Å². The number of hydrogen-bond acceptors (Lipinski definition) is 0. The Hall–Kier alpha value is -0.715. The minimum atomic E-state index is 0.858. The Morgan fingerprint density at radius 2 is 1.86 bits per heavy atom. The lowest BCUT2D eigenvalue weighted by atomic mass is 9.87. The van der Waals surface area contributed by atoms with E-state index >= 15 is 0 Å². The molecule has 0 aliphatic carbocycles.